The van der Waals surface area contributed by atoms with Gasteiger partial charge < -0.3 is 25.5 Å². The van der Waals surface area contributed by atoms with Crippen LogP contribution in [0.5, 0.6) is 0 Å². The van der Waals surface area contributed by atoms with Crippen LogP contribution in [0.15, 0.2) is 60.7 Å². The number of benzene rings is 2. The van der Waals surface area contributed by atoms with E-state index in [4.69, 9.17) is 16.6 Å². The van der Waals surface area contributed by atoms with Gasteiger partial charge in [0.15, 0.2) is 11.9 Å². The molecule has 1 fully saturated rings. The molecule has 9 nitrogen and oxygen atoms in total. The summed E-state index contributed by atoms with van der Waals surface area (Å²) in [5, 5.41) is 17.1. The van der Waals surface area contributed by atoms with E-state index in [9.17, 15) is 14.7 Å². The number of nitrogens with zero attached hydrogens (tertiary/aromatic N) is 4. The maximum Gasteiger partial charge on any atom is 0.256 e. The Morgan fingerprint density at radius 3 is 2.36 bits per heavy atom. The zero-order valence-corrected chi connectivity index (χ0v) is 20.8. The van der Waals surface area contributed by atoms with E-state index >= 15 is 0 Å². The molecular weight excluding hydrogens is 480 g/mol. The average molecular weight is 509 g/mol. The molecule has 2 heterocycles. The fraction of sp³-hybridized carbons (Fsp3) is 0.308. The number of hydrogen-bond acceptors (Lipinski definition) is 7. The molecule has 3 aromatic rings. The molecule has 10 heteroatoms. The Morgan fingerprint density at radius 1 is 1.00 bits per heavy atom. The van der Waals surface area contributed by atoms with Gasteiger partial charge in [0.2, 0.25) is 5.91 Å². The summed E-state index contributed by atoms with van der Waals surface area (Å²) in [6.07, 6.45) is -1.17. The third kappa shape index (κ3) is 6.50. The zero-order valence-electron chi connectivity index (χ0n) is 20.0. The van der Waals surface area contributed by atoms with Crippen LogP contribution in [0.1, 0.15) is 18.6 Å². The van der Waals surface area contributed by atoms with Crippen LogP contribution in [0.2, 0.25) is 5.02 Å². The van der Waals surface area contributed by atoms with Crippen molar-refractivity contribution < 1.29 is 14.7 Å². The largest absolute Gasteiger partial charge is 0.378 e. The summed E-state index contributed by atoms with van der Waals surface area (Å²) < 4.78 is 0. The number of nitrogens with one attached hydrogen (secondary N) is 2. The summed E-state index contributed by atoms with van der Waals surface area (Å²) >= 11 is 6.05. The number of carbonyl (C=O) groups is 2. The van der Waals surface area contributed by atoms with Crippen molar-refractivity contribution >= 4 is 35.1 Å². The van der Waals surface area contributed by atoms with Crippen LogP contribution in [-0.2, 0) is 9.59 Å². The van der Waals surface area contributed by atoms with Gasteiger partial charge in [-0.05, 0) is 29.8 Å². The Balaban J connectivity index is 1.47. The van der Waals surface area contributed by atoms with Gasteiger partial charge in [-0.2, -0.15) is 0 Å². The minimum absolute atomic E-state index is 0.0909. The molecule has 1 unspecified atom stereocenters. The number of anilines is 2. The summed E-state index contributed by atoms with van der Waals surface area (Å²) in [7, 11) is 0. The minimum Gasteiger partial charge on any atom is -0.378 e. The molecule has 1 aliphatic heterocycles. The molecule has 0 bridgehead atoms. The number of aliphatic hydroxyl groups is 1. The van der Waals surface area contributed by atoms with Gasteiger partial charge in [-0.25, -0.2) is 9.97 Å². The second kappa shape index (κ2) is 11.8. The quantitative estimate of drug-likeness (QED) is 0.401. The predicted molar refractivity (Wildman–Crippen MR) is 140 cm³/mol. The van der Waals surface area contributed by atoms with Gasteiger partial charge in [-0.15, -0.1) is 0 Å². The Labute approximate surface area is 215 Å². The van der Waals surface area contributed by atoms with Crippen molar-refractivity contribution in [1.29, 1.82) is 0 Å². The summed E-state index contributed by atoms with van der Waals surface area (Å²) in [4.78, 5) is 37.2. The molecule has 1 saturated heterocycles. The Kier molecular flexibility index (Phi) is 8.35. The first kappa shape index (κ1) is 25.4. The molecule has 3 N–H and O–H groups in total. The van der Waals surface area contributed by atoms with E-state index in [-0.39, 0.29) is 11.8 Å². The van der Waals surface area contributed by atoms with Crippen LogP contribution in [0.25, 0.3) is 11.4 Å². The molecule has 0 aliphatic carbocycles. The standard InChI is InChI=1S/C26H29ClN6O3/c1-18(34)28-11-12-29-22-17-23(31-25(30-22)20-7-9-21(27)10-8-20)32-13-15-33(16-14-32)26(36)24(35)19-5-3-2-4-6-19/h2-10,17,24,35H,11-16H2,1H3,(H,28,34)(H,29,30,31). The topological polar surface area (TPSA) is 111 Å². The lowest BCUT2D eigenvalue weighted by Gasteiger charge is -2.36. The maximum atomic E-state index is 12.8. The number of carbonyl (C=O) groups excluding carboxylic acids is 2. The number of rotatable bonds is 8. The first-order valence-electron chi connectivity index (χ1n) is 11.8. The van der Waals surface area contributed by atoms with Gasteiger partial charge in [0.25, 0.3) is 5.91 Å². The van der Waals surface area contributed by atoms with Crippen LogP contribution >= 0.6 is 11.6 Å². The number of halogens is 1. The van der Waals surface area contributed by atoms with Crippen molar-refractivity contribution in [3.63, 3.8) is 0 Å². The molecule has 1 atom stereocenters. The second-order valence-corrected chi connectivity index (χ2v) is 8.91. The van der Waals surface area contributed by atoms with E-state index in [1.165, 1.54) is 6.92 Å². The van der Waals surface area contributed by atoms with Crippen molar-refractivity contribution in [2.75, 3.05) is 49.5 Å². The highest BCUT2D eigenvalue weighted by atomic mass is 35.5. The molecule has 0 saturated carbocycles. The minimum atomic E-state index is -1.17. The van der Waals surface area contributed by atoms with E-state index in [1.807, 2.05) is 24.3 Å². The first-order valence-corrected chi connectivity index (χ1v) is 12.2. The molecule has 1 aromatic heterocycles. The number of aliphatic hydroxyl groups excluding tert-OH is 1. The lowest BCUT2D eigenvalue weighted by molar-refractivity contribution is -0.140. The fourth-order valence-corrected chi connectivity index (χ4v) is 4.08. The summed E-state index contributed by atoms with van der Waals surface area (Å²) in [6.45, 7) is 4.52. The van der Waals surface area contributed by atoms with E-state index in [0.717, 1.165) is 11.4 Å². The van der Waals surface area contributed by atoms with Gasteiger partial charge in [-0.3, -0.25) is 9.59 Å². The van der Waals surface area contributed by atoms with Crippen molar-refractivity contribution in [2.45, 2.75) is 13.0 Å². The van der Waals surface area contributed by atoms with E-state index < -0.39 is 6.10 Å². The average Bonchev–Trinajstić information content (AvgIpc) is 2.91. The molecular formula is C26H29ClN6O3. The second-order valence-electron chi connectivity index (χ2n) is 8.48. The molecule has 36 heavy (non-hydrogen) atoms. The number of piperazine rings is 1. The third-order valence-corrected chi connectivity index (χ3v) is 6.14. The Morgan fingerprint density at radius 2 is 1.69 bits per heavy atom. The van der Waals surface area contributed by atoms with E-state index in [2.05, 4.69) is 20.5 Å². The maximum absolute atomic E-state index is 12.8. The molecule has 0 spiro atoms. The van der Waals surface area contributed by atoms with Crippen LogP contribution in [0.3, 0.4) is 0 Å². The molecule has 188 valence electrons. The summed E-state index contributed by atoms with van der Waals surface area (Å²) in [5.74, 6) is 1.52. The zero-order chi connectivity index (χ0) is 25.5. The van der Waals surface area contributed by atoms with Gasteiger partial charge >= 0.3 is 0 Å². The van der Waals surface area contributed by atoms with Gasteiger partial charge in [0.1, 0.15) is 11.6 Å². The lowest BCUT2D eigenvalue weighted by atomic mass is 10.1. The van der Waals surface area contributed by atoms with Crippen molar-refractivity contribution in [1.82, 2.24) is 20.2 Å². The van der Waals surface area contributed by atoms with E-state index in [1.54, 1.807) is 41.3 Å². The Hall–Kier alpha value is -3.69. The molecule has 0 radical (unpaired) electrons. The molecule has 2 amide bonds. The monoisotopic (exact) mass is 508 g/mol. The van der Waals surface area contributed by atoms with Crippen LogP contribution in [0, 0.1) is 0 Å². The lowest BCUT2D eigenvalue weighted by Crippen LogP contribution is -2.50. The molecule has 2 aromatic carbocycles. The SMILES string of the molecule is CC(=O)NCCNc1cc(N2CCN(C(=O)C(O)c3ccccc3)CC2)nc(-c2ccc(Cl)cc2)n1. The highest BCUT2D eigenvalue weighted by Crippen LogP contribution is 2.25. The fourth-order valence-electron chi connectivity index (χ4n) is 3.95. The van der Waals surface area contributed by atoms with Crippen LogP contribution in [0.4, 0.5) is 11.6 Å². The van der Waals surface area contributed by atoms with Gasteiger partial charge in [0.05, 0.1) is 0 Å². The number of hydrogen-bond donors (Lipinski definition) is 3. The number of aromatic nitrogens is 2. The van der Waals surface area contributed by atoms with E-state index in [0.29, 0.717) is 61.5 Å². The highest BCUT2D eigenvalue weighted by molar-refractivity contribution is 6.30. The van der Waals surface area contributed by atoms with Crippen molar-refractivity contribution in [3.05, 3.63) is 71.2 Å². The predicted octanol–water partition coefficient (Wildman–Crippen LogP) is 2.73. The van der Waals surface area contributed by atoms with Crippen molar-refractivity contribution in [3.8, 4) is 11.4 Å². The smallest absolute Gasteiger partial charge is 0.256 e. The Bertz CT molecular complexity index is 1180. The third-order valence-electron chi connectivity index (χ3n) is 5.88. The number of amides is 2. The van der Waals surface area contributed by atoms with Crippen LogP contribution in [-0.4, -0.2) is 71.1 Å². The normalized spacial score (nSPS) is 14.3. The molecule has 1 aliphatic rings. The summed E-state index contributed by atoms with van der Waals surface area (Å²) in [6, 6.07) is 18.1. The summed E-state index contributed by atoms with van der Waals surface area (Å²) in [5.41, 5.74) is 1.41. The van der Waals surface area contributed by atoms with Crippen LogP contribution < -0.4 is 15.5 Å². The van der Waals surface area contributed by atoms with Gasteiger partial charge in [-0.1, -0.05) is 41.9 Å². The highest BCUT2D eigenvalue weighted by Gasteiger charge is 2.28. The first-order chi connectivity index (χ1) is 17.4. The van der Waals surface area contributed by atoms with Gasteiger partial charge in [0, 0.05) is 62.8 Å². The van der Waals surface area contributed by atoms with Crippen molar-refractivity contribution in [2.24, 2.45) is 0 Å². The molecule has 4 rings (SSSR count).